The first-order valence-electron chi connectivity index (χ1n) is 6.36. The van der Waals surface area contributed by atoms with Gasteiger partial charge in [0.1, 0.15) is 0 Å². The molecule has 0 amide bonds. The van der Waals surface area contributed by atoms with Crippen LogP contribution in [0, 0.1) is 21.7 Å². The molecule has 2 aromatic rings. The van der Waals surface area contributed by atoms with Gasteiger partial charge >= 0.3 is 0 Å². The van der Waals surface area contributed by atoms with Gasteiger partial charge in [-0.25, -0.2) is 17.2 Å². The molecule has 2 aromatic carbocycles. The zero-order valence-electron chi connectivity index (χ0n) is 11.9. The van der Waals surface area contributed by atoms with Crippen molar-refractivity contribution in [2.75, 3.05) is 7.05 Å². The minimum Gasteiger partial charge on any atom is -0.258 e. The molecule has 0 N–H and O–H groups in total. The second-order valence-electron chi connectivity index (χ2n) is 4.76. The molecule has 0 atom stereocenters. The maximum atomic E-state index is 13.2. The minimum absolute atomic E-state index is 0.131. The number of nitro groups is 1. The van der Waals surface area contributed by atoms with Gasteiger partial charge in [-0.1, -0.05) is 6.07 Å². The van der Waals surface area contributed by atoms with E-state index < -0.39 is 26.6 Å². The van der Waals surface area contributed by atoms with E-state index in [0.29, 0.717) is 0 Å². The monoisotopic (exact) mass is 342 g/mol. The maximum Gasteiger partial charge on any atom is 0.269 e. The highest BCUT2D eigenvalue weighted by atomic mass is 32.2. The van der Waals surface area contributed by atoms with Crippen LogP contribution in [0.3, 0.4) is 0 Å². The molecule has 0 bridgehead atoms. The summed E-state index contributed by atoms with van der Waals surface area (Å²) in [6.45, 7) is -0.170. The number of hydrogen-bond acceptors (Lipinski definition) is 4. The van der Waals surface area contributed by atoms with Gasteiger partial charge in [-0.2, -0.15) is 4.31 Å². The van der Waals surface area contributed by atoms with Crippen LogP contribution in [0.4, 0.5) is 14.5 Å². The van der Waals surface area contributed by atoms with Gasteiger partial charge in [0.25, 0.3) is 5.69 Å². The molecular weight excluding hydrogens is 330 g/mol. The van der Waals surface area contributed by atoms with Crippen molar-refractivity contribution in [3.05, 3.63) is 69.8 Å². The number of sulfonamides is 1. The molecule has 122 valence electrons. The average molecular weight is 342 g/mol. The second kappa shape index (κ2) is 6.39. The van der Waals surface area contributed by atoms with Gasteiger partial charge in [-0.15, -0.1) is 0 Å². The van der Waals surface area contributed by atoms with Crippen LogP contribution in [-0.4, -0.2) is 24.7 Å². The summed E-state index contributed by atoms with van der Waals surface area (Å²) in [7, 11) is -2.63. The highest BCUT2D eigenvalue weighted by Crippen LogP contribution is 2.20. The molecule has 9 heteroatoms. The number of benzene rings is 2. The maximum absolute atomic E-state index is 13.2. The molecule has 0 heterocycles. The Morgan fingerprint density at radius 2 is 1.70 bits per heavy atom. The van der Waals surface area contributed by atoms with E-state index in [0.717, 1.165) is 40.7 Å². The fourth-order valence-electron chi connectivity index (χ4n) is 1.90. The molecule has 0 spiro atoms. The minimum atomic E-state index is -3.91. The number of nitro benzene ring substituents is 1. The summed E-state index contributed by atoms with van der Waals surface area (Å²) in [5, 5.41) is 10.6. The van der Waals surface area contributed by atoms with Gasteiger partial charge in [-0.05, 0) is 29.8 Å². The zero-order chi connectivity index (χ0) is 17.2. The summed E-state index contributed by atoms with van der Waals surface area (Å²) in [6, 6.07) is 7.51. The lowest BCUT2D eigenvalue weighted by atomic mass is 10.2. The van der Waals surface area contributed by atoms with Crippen molar-refractivity contribution in [2.45, 2.75) is 11.4 Å². The first kappa shape index (κ1) is 17.0. The predicted molar refractivity (Wildman–Crippen MR) is 78.1 cm³/mol. The molecule has 0 aliphatic heterocycles. The fourth-order valence-corrected chi connectivity index (χ4v) is 3.06. The number of nitrogens with zero attached hydrogens (tertiary/aromatic N) is 2. The molecule has 0 aliphatic rings. The lowest BCUT2D eigenvalue weighted by Crippen LogP contribution is -2.26. The average Bonchev–Trinajstić information content (AvgIpc) is 2.51. The molecule has 23 heavy (non-hydrogen) atoms. The molecular formula is C14H12F2N2O4S. The Bertz CT molecular complexity index is 838. The largest absolute Gasteiger partial charge is 0.269 e. The van der Waals surface area contributed by atoms with Gasteiger partial charge in [0.05, 0.1) is 9.82 Å². The molecule has 0 fully saturated rings. The van der Waals surface area contributed by atoms with Crippen LogP contribution in [0.2, 0.25) is 0 Å². The Kier molecular flexibility index (Phi) is 4.71. The van der Waals surface area contributed by atoms with Gasteiger partial charge in [0, 0.05) is 25.7 Å². The van der Waals surface area contributed by atoms with Gasteiger partial charge in [0.2, 0.25) is 10.0 Å². The Morgan fingerprint density at radius 1 is 1.09 bits per heavy atom. The Labute approximate surface area is 131 Å². The Hall–Kier alpha value is -2.39. The van der Waals surface area contributed by atoms with Gasteiger partial charge < -0.3 is 0 Å². The number of hydrogen-bond donors (Lipinski definition) is 0. The summed E-state index contributed by atoms with van der Waals surface area (Å²) in [5.74, 6) is -2.08. The van der Waals surface area contributed by atoms with E-state index >= 15 is 0 Å². The van der Waals surface area contributed by atoms with Gasteiger partial charge in [-0.3, -0.25) is 10.1 Å². The zero-order valence-corrected chi connectivity index (χ0v) is 12.8. The third kappa shape index (κ3) is 3.69. The van der Waals surface area contributed by atoms with Crippen LogP contribution in [-0.2, 0) is 16.6 Å². The highest BCUT2D eigenvalue weighted by Gasteiger charge is 2.22. The number of halogens is 2. The topological polar surface area (TPSA) is 80.5 Å². The van der Waals surface area contributed by atoms with E-state index in [4.69, 9.17) is 0 Å². The van der Waals surface area contributed by atoms with E-state index in [9.17, 15) is 27.3 Å². The Morgan fingerprint density at radius 3 is 2.22 bits per heavy atom. The van der Waals surface area contributed by atoms with Crippen LogP contribution >= 0.6 is 0 Å². The summed E-state index contributed by atoms with van der Waals surface area (Å²) in [6.07, 6.45) is 0. The van der Waals surface area contributed by atoms with Crippen molar-refractivity contribution >= 4 is 15.7 Å². The molecule has 0 unspecified atom stereocenters. The standard InChI is InChI=1S/C14H12F2N2O4S/c1-17(9-10-2-7-13(15)14(16)8-10)23(21,22)12-5-3-11(4-6-12)18(19)20/h2-8H,9H2,1H3. The highest BCUT2D eigenvalue weighted by molar-refractivity contribution is 7.89. The summed E-state index contributed by atoms with van der Waals surface area (Å²) < 4.78 is 51.7. The quantitative estimate of drug-likeness (QED) is 0.618. The van der Waals surface area contributed by atoms with Crippen molar-refractivity contribution in [1.82, 2.24) is 4.31 Å². The molecule has 0 saturated heterocycles. The van der Waals surface area contributed by atoms with Gasteiger partial charge in [0.15, 0.2) is 11.6 Å². The van der Waals surface area contributed by atoms with Crippen LogP contribution < -0.4 is 0 Å². The van der Waals surface area contributed by atoms with Crippen molar-refractivity contribution in [2.24, 2.45) is 0 Å². The first-order valence-corrected chi connectivity index (χ1v) is 7.80. The SMILES string of the molecule is CN(Cc1ccc(F)c(F)c1)S(=O)(=O)c1ccc([N+](=O)[O-])cc1. The third-order valence-corrected chi connectivity index (χ3v) is 4.96. The molecule has 2 rings (SSSR count). The van der Waals surface area contributed by atoms with E-state index in [1.165, 1.54) is 13.1 Å². The van der Waals surface area contributed by atoms with E-state index in [1.807, 2.05) is 0 Å². The predicted octanol–water partition coefficient (Wildman–Crippen LogP) is 2.69. The van der Waals surface area contributed by atoms with Crippen molar-refractivity contribution in [1.29, 1.82) is 0 Å². The summed E-state index contributed by atoms with van der Waals surface area (Å²) in [5.41, 5.74) is 0.0455. The van der Waals surface area contributed by atoms with Crippen LogP contribution in [0.15, 0.2) is 47.4 Å². The van der Waals surface area contributed by atoms with Crippen molar-refractivity contribution < 1.29 is 22.1 Å². The van der Waals surface area contributed by atoms with E-state index in [1.54, 1.807) is 0 Å². The number of rotatable bonds is 5. The van der Waals surface area contributed by atoms with Crippen molar-refractivity contribution in [3.8, 4) is 0 Å². The molecule has 0 radical (unpaired) electrons. The molecule has 0 aromatic heterocycles. The third-order valence-electron chi connectivity index (χ3n) is 3.14. The first-order chi connectivity index (χ1) is 10.7. The second-order valence-corrected chi connectivity index (χ2v) is 6.81. The van der Waals surface area contributed by atoms with Crippen molar-refractivity contribution in [3.63, 3.8) is 0 Å². The van der Waals surface area contributed by atoms with Crippen LogP contribution in [0.25, 0.3) is 0 Å². The normalized spacial score (nSPS) is 11.7. The summed E-state index contributed by atoms with van der Waals surface area (Å²) >= 11 is 0. The Balaban J connectivity index is 2.24. The van der Waals surface area contributed by atoms with E-state index in [2.05, 4.69) is 0 Å². The smallest absolute Gasteiger partial charge is 0.258 e. The molecule has 0 saturated carbocycles. The number of non-ortho nitro benzene ring substituents is 1. The van der Waals surface area contributed by atoms with Crippen LogP contribution in [0.5, 0.6) is 0 Å². The van der Waals surface area contributed by atoms with E-state index in [-0.39, 0.29) is 22.7 Å². The van der Waals surface area contributed by atoms with Crippen LogP contribution in [0.1, 0.15) is 5.56 Å². The summed E-state index contributed by atoms with van der Waals surface area (Å²) in [4.78, 5) is 9.81. The molecule has 6 nitrogen and oxygen atoms in total. The fraction of sp³-hybridized carbons (Fsp3) is 0.143. The lowest BCUT2D eigenvalue weighted by Gasteiger charge is -2.17. The lowest BCUT2D eigenvalue weighted by molar-refractivity contribution is -0.384. The molecule has 0 aliphatic carbocycles.